The topological polar surface area (TPSA) is 67.9 Å². The van der Waals surface area contributed by atoms with E-state index in [0.717, 1.165) is 12.0 Å². The van der Waals surface area contributed by atoms with Crippen molar-refractivity contribution in [1.82, 2.24) is 0 Å². The van der Waals surface area contributed by atoms with Gasteiger partial charge < -0.3 is 14.8 Å². The zero-order valence-corrected chi connectivity index (χ0v) is 18.9. The molecule has 33 heavy (non-hydrogen) atoms. The molecule has 0 aromatic heterocycles. The van der Waals surface area contributed by atoms with Gasteiger partial charge in [-0.3, -0.25) is 9.59 Å². The second kappa shape index (κ2) is 9.61. The fourth-order valence-corrected chi connectivity index (χ4v) is 3.78. The van der Waals surface area contributed by atoms with Gasteiger partial charge in [0.15, 0.2) is 0 Å². The molecular formula is C27H26N2O4. The number of hydrogen-bond acceptors (Lipinski definition) is 5. The van der Waals surface area contributed by atoms with E-state index in [4.69, 9.17) is 9.47 Å². The van der Waals surface area contributed by atoms with Crippen LogP contribution in [0.15, 0.2) is 78.5 Å². The van der Waals surface area contributed by atoms with Crippen LogP contribution in [0.4, 0.5) is 11.4 Å². The molecule has 0 unspecified atom stereocenters. The van der Waals surface area contributed by atoms with Crippen molar-refractivity contribution < 1.29 is 19.1 Å². The second-order valence-electron chi connectivity index (χ2n) is 7.74. The summed E-state index contributed by atoms with van der Waals surface area (Å²) in [4.78, 5) is 28.4. The molecule has 0 spiro atoms. The maximum absolute atomic E-state index is 13.6. The first-order valence-corrected chi connectivity index (χ1v) is 10.9. The van der Waals surface area contributed by atoms with Gasteiger partial charge in [-0.1, -0.05) is 43.3 Å². The number of benzene rings is 3. The van der Waals surface area contributed by atoms with E-state index in [9.17, 15) is 9.59 Å². The van der Waals surface area contributed by atoms with E-state index in [1.807, 2.05) is 68.4 Å². The molecule has 1 N–H and O–H groups in total. The molecule has 1 aliphatic rings. The van der Waals surface area contributed by atoms with Gasteiger partial charge in [-0.25, -0.2) is 4.90 Å². The number of carbonyl (C=O) groups is 2. The lowest BCUT2D eigenvalue weighted by Crippen LogP contribution is -2.32. The molecule has 6 nitrogen and oxygen atoms in total. The first-order chi connectivity index (χ1) is 16.0. The van der Waals surface area contributed by atoms with E-state index >= 15 is 0 Å². The number of ether oxygens (including phenoxy) is 2. The maximum Gasteiger partial charge on any atom is 0.282 e. The standard InChI is InChI=1S/C27H26N2O4/c1-4-15-33-21-12-8-10-19(17-21)28-25-24(22-13-5-6-14-23(22)32-3)26(30)29(27(25)31)20-11-7-9-18(2)16-20/h5-14,16-17,28H,4,15H2,1-3H3. The van der Waals surface area contributed by atoms with Crippen LogP contribution in [0.25, 0.3) is 5.57 Å². The van der Waals surface area contributed by atoms with Crippen molar-refractivity contribution in [1.29, 1.82) is 0 Å². The second-order valence-corrected chi connectivity index (χ2v) is 7.74. The zero-order valence-electron chi connectivity index (χ0n) is 18.9. The molecule has 6 heteroatoms. The number of rotatable bonds is 8. The number of anilines is 2. The fraction of sp³-hybridized carbons (Fsp3) is 0.185. The van der Waals surface area contributed by atoms with Gasteiger partial charge in [0.25, 0.3) is 11.8 Å². The van der Waals surface area contributed by atoms with Crippen molar-refractivity contribution >= 4 is 28.8 Å². The Balaban J connectivity index is 1.81. The first kappa shape index (κ1) is 22.1. The predicted molar refractivity (Wildman–Crippen MR) is 129 cm³/mol. The Bertz CT molecular complexity index is 1230. The summed E-state index contributed by atoms with van der Waals surface area (Å²) in [7, 11) is 1.54. The highest BCUT2D eigenvalue weighted by Gasteiger charge is 2.41. The third kappa shape index (κ3) is 4.46. The molecule has 168 valence electrons. The van der Waals surface area contributed by atoms with E-state index in [2.05, 4.69) is 5.32 Å². The summed E-state index contributed by atoms with van der Waals surface area (Å²) in [6.45, 7) is 4.55. The third-order valence-corrected chi connectivity index (χ3v) is 5.30. The van der Waals surface area contributed by atoms with Crippen LogP contribution >= 0.6 is 0 Å². The quantitative estimate of drug-likeness (QED) is 0.487. The maximum atomic E-state index is 13.6. The molecule has 0 atom stereocenters. The first-order valence-electron chi connectivity index (χ1n) is 10.9. The van der Waals surface area contributed by atoms with Crippen LogP contribution in [-0.4, -0.2) is 25.5 Å². The molecular weight excluding hydrogens is 416 g/mol. The molecule has 4 rings (SSSR count). The van der Waals surface area contributed by atoms with E-state index in [0.29, 0.717) is 35.0 Å². The van der Waals surface area contributed by atoms with Gasteiger partial charge in [-0.2, -0.15) is 0 Å². The highest BCUT2D eigenvalue weighted by molar-refractivity contribution is 6.46. The minimum absolute atomic E-state index is 0.193. The SMILES string of the molecule is CCCOc1cccc(NC2=C(c3ccccc3OC)C(=O)N(c3cccc(C)c3)C2=O)c1. The fourth-order valence-electron chi connectivity index (χ4n) is 3.78. The van der Waals surface area contributed by atoms with Crippen molar-refractivity contribution in [2.24, 2.45) is 0 Å². The van der Waals surface area contributed by atoms with Crippen LogP contribution in [0.3, 0.4) is 0 Å². The number of nitrogens with one attached hydrogen (secondary N) is 1. The molecule has 2 amide bonds. The van der Waals surface area contributed by atoms with Crippen molar-refractivity contribution in [2.75, 3.05) is 23.9 Å². The van der Waals surface area contributed by atoms with Gasteiger partial charge >= 0.3 is 0 Å². The van der Waals surface area contributed by atoms with Gasteiger partial charge in [-0.15, -0.1) is 0 Å². The molecule has 0 saturated heterocycles. The summed E-state index contributed by atoms with van der Waals surface area (Å²) < 4.78 is 11.2. The number of methoxy groups -OCH3 is 1. The lowest BCUT2D eigenvalue weighted by molar-refractivity contribution is -0.120. The van der Waals surface area contributed by atoms with Crippen LogP contribution in [0, 0.1) is 6.92 Å². The van der Waals surface area contributed by atoms with Crippen molar-refractivity contribution in [3.05, 3.63) is 89.6 Å². The normalized spacial score (nSPS) is 13.5. The van der Waals surface area contributed by atoms with E-state index in [1.54, 1.807) is 25.3 Å². The Labute approximate surface area is 193 Å². The van der Waals surface area contributed by atoms with Crippen LogP contribution in [-0.2, 0) is 9.59 Å². The van der Waals surface area contributed by atoms with Gasteiger partial charge in [-0.05, 0) is 49.2 Å². The molecule has 3 aromatic rings. The summed E-state index contributed by atoms with van der Waals surface area (Å²) in [6, 6.07) is 21.9. The number of aryl methyl sites for hydroxylation is 1. The van der Waals surface area contributed by atoms with E-state index in [-0.39, 0.29) is 11.3 Å². The number of hydrogen-bond donors (Lipinski definition) is 1. The molecule has 1 aliphatic heterocycles. The summed E-state index contributed by atoms with van der Waals surface area (Å²) in [6.07, 6.45) is 0.888. The number of amides is 2. The highest BCUT2D eigenvalue weighted by Crippen LogP contribution is 2.37. The van der Waals surface area contributed by atoms with E-state index in [1.165, 1.54) is 4.90 Å². The van der Waals surface area contributed by atoms with Gasteiger partial charge in [0.05, 0.1) is 25.0 Å². The molecule has 1 heterocycles. The lowest BCUT2D eigenvalue weighted by atomic mass is 10.0. The molecule has 0 aliphatic carbocycles. The monoisotopic (exact) mass is 442 g/mol. The minimum atomic E-state index is -0.425. The molecule has 0 bridgehead atoms. The van der Waals surface area contributed by atoms with Crippen LogP contribution in [0.2, 0.25) is 0 Å². The smallest absolute Gasteiger partial charge is 0.282 e. The summed E-state index contributed by atoms with van der Waals surface area (Å²) >= 11 is 0. The Hall–Kier alpha value is -4.06. The van der Waals surface area contributed by atoms with Gasteiger partial charge in [0.2, 0.25) is 0 Å². The van der Waals surface area contributed by atoms with Crippen LogP contribution in [0.1, 0.15) is 24.5 Å². The number of carbonyl (C=O) groups excluding carboxylic acids is 2. The largest absolute Gasteiger partial charge is 0.496 e. The Morgan fingerprint density at radius 1 is 0.909 bits per heavy atom. The number of imide groups is 1. The molecule has 0 fully saturated rings. The van der Waals surface area contributed by atoms with Crippen LogP contribution in [0.5, 0.6) is 11.5 Å². The van der Waals surface area contributed by atoms with Crippen molar-refractivity contribution in [3.63, 3.8) is 0 Å². The van der Waals surface area contributed by atoms with Gasteiger partial charge in [0.1, 0.15) is 17.2 Å². The van der Waals surface area contributed by atoms with Crippen LogP contribution < -0.4 is 19.7 Å². The van der Waals surface area contributed by atoms with Gasteiger partial charge in [0, 0.05) is 17.3 Å². The summed E-state index contributed by atoms with van der Waals surface area (Å²) in [5.41, 5.74) is 3.13. The summed E-state index contributed by atoms with van der Waals surface area (Å²) in [5.74, 6) is 0.370. The Morgan fingerprint density at radius 2 is 1.70 bits per heavy atom. The lowest BCUT2D eigenvalue weighted by Gasteiger charge is -2.16. The highest BCUT2D eigenvalue weighted by atomic mass is 16.5. The molecule has 3 aromatic carbocycles. The summed E-state index contributed by atoms with van der Waals surface area (Å²) in [5, 5.41) is 3.18. The minimum Gasteiger partial charge on any atom is -0.496 e. The number of nitrogens with zero attached hydrogens (tertiary/aromatic N) is 1. The molecule has 0 saturated carbocycles. The van der Waals surface area contributed by atoms with Crippen molar-refractivity contribution in [3.8, 4) is 11.5 Å². The average molecular weight is 443 g/mol. The van der Waals surface area contributed by atoms with E-state index < -0.39 is 11.8 Å². The molecule has 0 radical (unpaired) electrons. The zero-order chi connectivity index (χ0) is 23.4. The number of para-hydroxylation sites is 1. The predicted octanol–water partition coefficient (Wildman–Crippen LogP) is 5.19. The third-order valence-electron chi connectivity index (χ3n) is 5.30. The average Bonchev–Trinajstić information content (AvgIpc) is 3.06. The van der Waals surface area contributed by atoms with Crippen molar-refractivity contribution in [2.45, 2.75) is 20.3 Å². The Morgan fingerprint density at radius 3 is 2.45 bits per heavy atom. The Kier molecular flexibility index (Phi) is 6.45.